The Bertz CT molecular complexity index is 1170. The summed E-state index contributed by atoms with van der Waals surface area (Å²) in [6.07, 6.45) is 0. The molecule has 0 bridgehead atoms. The molecule has 1 heterocycles. The van der Waals surface area contributed by atoms with Crippen LogP contribution in [0.3, 0.4) is 0 Å². The van der Waals surface area contributed by atoms with Crippen molar-refractivity contribution in [1.29, 1.82) is 0 Å². The minimum Gasteiger partial charge on any atom is -0.493 e. The Balaban J connectivity index is 1.87. The second-order valence-electron chi connectivity index (χ2n) is 6.82. The summed E-state index contributed by atoms with van der Waals surface area (Å²) in [4.78, 5) is 9.59. The molecule has 3 aromatic carbocycles. The number of hydrogen-bond acceptors (Lipinski definition) is 6. The predicted molar refractivity (Wildman–Crippen MR) is 119 cm³/mol. The monoisotopic (exact) mass is 401 g/mol. The van der Waals surface area contributed by atoms with Crippen LogP contribution >= 0.6 is 0 Å². The van der Waals surface area contributed by atoms with E-state index >= 15 is 0 Å². The lowest BCUT2D eigenvalue weighted by atomic mass is 10.1. The Morgan fingerprint density at radius 2 is 1.43 bits per heavy atom. The van der Waals surface area contributed by atoms with Gasteiger partial charge in [-0.15, -0.1) is 0 Å². The highest BCUT2D eigenvalue weighted by molar-refractivity contribution is 5.92. The van der Waals surface area contributed by atoms with Gasteiger partial charge in [-0.2, -0.15) is 0 Å². The van der Waals surface area contributed by atoms with Crippen LogP contribution in [0, 0.1) is 6.92 Å². The number of rotatable bonds is 6. The molecule has 1 aromatic heterocycles. The maximum atomic E-state index is 5.49. The highest BCUT2D eigenvalue weighted by atomic mass is 16.5. The molecule has 0 fully saturated rings. The Morgan fingerprint density at radius 1 is 0.767 bits per heavy atom. The summed E-state index contributed by atoms with van der Waals surface area (Å²) in [7, 11) is 4.76. The summed E-state index contributed by atoms with van der Waals surface area (Å²) < 4.78 is 16.4. The Morgan fingerprint density at radius 3 is 2.07 bits per heavy atom. The van der Waals surface area contributed by atoms with Gasteiger partial charge >= 0.3 is 0 Å². The smallest absolute Gasteiger partial charge is 0.203 e. The van der Waals surface area contributed by atoms with Gasteiger partial charge in [-0.3, -0.25) is 0 Å². The standard InChI is InChI=1S/C24H23N3O3/c1-15-9-11-17(12-10-15)25-24-18-7-5-6-8-19(18)26-23(27-24)16-13-20(28-2)22(30-4)21(14-16)29-3/h5-14H,1-4H3,(H,25,26,27). The third-order valence-corrected chi connectivity index (χ3v) is 4.84. The van der Waals surface area contributed by atoms with Crippen LogP contribution in [-0.2, 0) is 0 Å². The van der Waals surface area contributed by atoms with E-state index in [2.05, 4.69) is 24.4 Å². The molecule has 0 amide bonds. The van der Waals surface area contributed by atoms with Gasteiger partial charge in [-0.25, -0.2) is 9.97 Å². The number of fused-ring (bicyclic) bond motifs is 1. The summed E-state index contributed by atoms with van der Waals surface area (Å²) in [5.41, 5.74) is 3.76. The van der Waals surface area contributed by atoms with Gasteiger partial charge in [0, 0.05) is 16.6 Å². The van der Waals surface area contributed by atoms with Crippen molar-refractivity contribution in [2.24, 2.45) is 0 Å². The van der Waals surface area contributed by atoms with E-state index in [1.807, 2.05) is 48.5 Å². The minimum atomic E-state index is 0.530. The number of nitrogens with one attached hydrogen (secondary N) is 1. The van der Waals surface area contributed by atoms with E-state index in [4.69, 9.17) is 24.2 Å². The van der Waals surface area contributed by atoms with Crippen molar-refractivity contribution in [1.82, 2.24) is 9.97 Å². The summed E-state index contributed by atoms with van der Waals surface area (Å²) in [6, 6.07) is 19.8. The number of para-hydroxylation sites is 1. The minimum absolute atomic E-state index is 0.530. The fraction of sp³-hybridized carbons (Fsp3) is 0.167. The lowest BCUT2D eigenvalue weighted by molar-refractivity contribution is 0.324. The van der Waals surface area contributed by atoms with Gasteiger partial charge in [0.1, 0.15) is 5.82 Å². The molecule has 0 saturated heterocycles. The number of hydrogen-bond donors (Lipinski definition) is 1. The van der Waals surface area contributed by atoms with Crippen LogP contribution in [0.2, 0.25) is 0 Å². The average molecular weight is 401 g/mol. The molecule has 4 aromatic rings. The molecule has 0 saturated carbocycles. The van der Waals surface area contributed by atoms with Crippen LogP contribution in [0.15, 0.2) is 60.7 Å². The van der Waals surface area contributed by atoms with E-state index in [-0.39, 0.29) is 0 Å². The van der Waals surface area contributed by atoms with E-state index in [9.17, 15) is 0 Å². The summed E-state index contributed by atoms with van der Waals surface area (Å²) in [6.45, 7) is 2.06. The zero-order valence-electron chi connectivity index (χ0n) is 17.4. The summed E-state index contributed by atoms with van der Waals surface area (Å²) in [5.74, 6) is 2.92. The third kappa shape index (κ3) is 3.72. The van der Waals surface area contributed by atoms with Crippen molar-refractivity contribution >= 4 is 22.4 Å². The normalized spacial score (nSPS) is 10.7. The molecule has 4 rings (SSSR count). The molecule has 152 valence electrons. The fourth-order valence-corrected chi connectivity index (χ4v) is 3.28. The van der Waals surface area contributed by atoms with E-state index < -0.39 is 0 Å². The molecule has 0 aliphatic rings. The number of ether oxygens (including phenoxy) is 3. The van der Waals surface area contributed by atoms with Crippen molar-refractivity contribution in [3.63, 3.8) is 0 Å². The first-order valence-electron chi connectivity index (χ1n) is 9.53. The summed E-state index contributed by atoms with van der Waals surface area (Å²) in [5, 5.41) is 4.36. The number of aromatic nitrogens is 2. The second kappa shape index (κ2) is 8.29. The van der Waals surface area contributed by atoms with Crippen LogP contribution in [0.25, 0.3) is 22.3 Å². The molecule has 0 unspecified atom stereocenters. The summed E-state index contributed by atoms with van der Waals surface area (Å²) >= 11 is 0. The molecule has 1 N–H and O–H groups in total. The van der Waals surface area contributed by atoms with Gasteiger partial charge in [0.15, 0.2) is 17.3 Å². The highest BCUT2D eigenvalue weighted by Crippen LogP contribution is 2.41. The zero-order chi connectivity index (χ0) is 21.1. The van der Waals surface area contributed by atoms with Crippen LogP contribution in [0.5, 0.6) is 17.2 Å². The van der Waals surface area contributed by atoms with Crippen LogP contribution in [-0.4, -0.2) is 31.3 Å². The van der Waals surface area contributed by atoms with Crippen LogP contribution in [0.1, 0.15) is 5.56 Å². The molecular formula is C24H23N3O3. The third-order valence-electron chi connectivity index (χ3n) is 4.84. The average Bonchev–Trinajstić information content (AvgIpc) is 2.79. The van der Waals surface area contributed by atoms with Crippen molar-refractivity contribution in [2.45, 2.75) is 6.92 Å². The molecule has 6 heteroatoms. The van der Waals surface area contributed by atoms with Crippen LogP contribution < -0.4 is 19.5 Å². The molecule has 0 atom stereocenters. The second-order valence-corrected chi connectivity index (χ2v) is 6.82. The maximum Gasteiger partial charge on any atom is 0.203 e. The molecule has 0 aliphatic carbocycles. The Hall–Kier alpha value is -3.80. The highest BCUT2D eigenvalue weighted by Gasteiger charge is 2.17. The van der Waals surface area contributed by atoms with Crippen molar-refractivity contribution in [3.05, 3.63) is 66.2 Å². The Kier molecular flexibility index (Phi) is 5.39. The maximum absolute atomic E-state index is 5.49. The van der Waals surface area contributed by atoms with Crippen LogP contribution in [0.4, 0.5) is 11.5 Å². The lowest BCUT2D eigenvalue weighted by Gasteiger charge is -2.15. The number of aryl methyl sites for hydroxylation is 1. The van der Waals surface area contributed by atoms with Gasteiger partial charge < -0.3 is 19.5 Å². The molecule has 30 heavy (non-hydrogen) atoms. The zero-order valence-corrected chi connectivity index (χ0v) is 17.4. The van der Waals surface area contributed by atoms with E-state index in [1.54, 1.807) is 21.3 Å². The lowest BCUT2D eigenvalue weighted by Crippen LogP contribution is -2.01. The van der Waals surface area contributed by atoms with Gasteiger partial charge in [0.05, 0.1) is 26.8 Å². The van der Waals surface area contributed by atoms with E-state index in [0.29, 0.717) is 23.1 Å². The largest absolute Gasteiger partial charge is 0.493 e. The van der Waals surface area contributed by atoms with Gasteiger partial charge in [0.2, 0.25) is 5.75 Å². The molecule has 0 radical (unpaired) electrons. The fourth-order valence-electron chi connectivity index (χ4n) is 3.28. The number of nitrogens with zero attached hydrogens (tertiary/aromatic N) is 2. The molecule has 0 aliphatic heterocycles. The van der Waals surface area contributed by atoms with Gasteiger partial charge in [-0.1, -0.05) is 29.8 Å². The van der Waals surface area contributed by atoms with Crippen molar-refractivity contribution in [3.8, 4) is 28.6 Å². The first-order chi connectivity index (χ1) is 14.6. The number of anilines is 2. The molecular weight excluding hydrogens is 378 g/mol. The predicted octanol–water partition coefficient (Wildman–Crippen LogP) is 5.37. The number of methoxy groups -OCH3 is 3. The van der Waals surface area contributed by atoms with Crippen molar-refractivity contribution in [2.75, 3.05) is 26.6 Å². The van der Waals surface area contributed by atoms with Gasteiger partial charge in [-0.05, 0) is 43.3 Å². The quantitative estimate of drug-likeness (QED) is 0.468. The van der Waals surface area contributed by atoms with Crippen molar-refractivity contribution < 1.29 is 14.2 Å². The van der Waals surface area contributed by atoms with Gasteiger partial charge in [0.25, 0.3) is 0 Å². The van der Waals surface area contributed by atoms with E-state index in [0.717, 1.165) is 28.0 Å². The first-order valence-corrected chi connectivity index (χ1v) is 9.53. The SMILES string of the molecule is COc1cc(-c2nc(Nc3ccc(C)cc3)c3ccccc3n2)cc(OC)c1OC. The topological polar surface area (TPSA) is 65.5 Å². The number of benzene rings is 3. The Labute approximate surface area is 175 Å². The van der Waals surface area contributed by atoms with E-state index in [1.165, 1.54) is 5.56 Å². The first kappa shape index (κ1) is 19.5. The molecule has 6 nitrogen and oxygen atoms in total. The molecule has 0 spiro atoms.